The van der Waals surface area contributed by atoms with Crippen LogP contribution in [0, 0.1) is 16.7 Å². The molecule has 96 valence electrons. The van der Waals surface area contributed by atoms with E-state index in [1.165, 1.54) is 39.1 Å². The fraction of sp³-hybridized carbons (Fsp3) is 0.429. The van der Waals surface area contributed by atoms with Crippen molar-refractivity contribution in [2.45, 2.75) is 39.2 Å². The van der Waals surface area contributed by atoms with Crippen LogP contribution in [0.4, 0.5) is 0 Å². The van der Waals surface area contributed by atoms with Crippen LogP contribution in [0.2, 0.25) is 0 Å². The molecule has 0 saturated carbocycles. The van der Waals surface area contributed by atoms with Gasteiger partial charge in [0.1, 0.15) is 0 Å². The van der Waals surface area contributed by atoms with E-state index in [2.05, 4.69) is 64.7 Å². The van der Waals surface area contributed by atoms with Crippen LogP contribution < -0.4 is 5.43 Å². The summed E-state index contributed by atoms with van der Waals surface area (Å²) in [4.78, 5) is 1.57. The van der Waals surface area contributed by atoms with Crippen molar-refractivity contribution in [3.8, 4) is 0 Å². The van der Waals surface area contributed by atoms with Crippen LogP contribution in [-0.2, 0) is 6.42 Å². The molecular formula is C14H17IN2S. The van der Waals surface area contributed by atoms with Gasteiger partial charge in [0.2, 0.25) is 0 Å². The number of aromatic nitrogens is 1. The minimum Gasteiger partial charge on any atom is -0.318 e. The highest BCUT2D eigenvalue weighted by atomic mass is 127. The van der Waals surface area contributed by atoms with Gasteiger partial charge >= 0.3 is 0 Å². The summed E-state index contributed by atoms with van der Waals surface area (Å²) >= 11 is 4.39. The van der Waals surface area contributed by atoms with E-state index in [1.54, 1.807) is 4.88 Å². The minimum absolute atomic E-state index is 0.471. The van der Waals surface area contributed by atoms with Gasteiger partial charge in [0.15, 0.2) is 0 Å². The number of hydrogen-bond acceptors (Lipinski definition) is 2. The number of nitrogens with zero attached hydrogens (tertiary/aromatic N) is 1. The lowest BCUT2D eigenvalue weighted by atomic mass is 9.95. The SMILES string of the molecule is Cc1ccc(C)n1NC1CCCc2sc(I)cc21. The predicted molar refractivity (Wildman–Crippen MR) is 86.0 cm³/mol. The van der Waals surface area contributed by atoms with Crippen LogP contribution in [0.3, 0.4) is 0 Å². The van der Waals surface area contributed by atoms with Gasteiger partial charge in [-0.25, -0.2) is 0 Å². The van der Waals surface area contributed by atoms with Gasteiger partial charge in [-0.2, -0.15) is 0 Å². The van der Waals surface area contributed by atoms with Gasteiger partial charge in [-0.05, 0) is 79.5 Å². The van der Waals surface area contributed by atoms with Crippen molar-refractivity contribution in [1.29, 1.82) is 0 Å². The molecule has 0 radical (unpaired) electrons. The van der Waals surface area contributed by atoms with Crippen LogP contribution in [0.15, 0.2) is 18.2 Å². The zero-order valence-electron chi connectivity index (χ0n) is 10.7. The van der Waals surface area contributed by atoms with Crippen molar-refractivity contribution in [2.75, 3.05) is 5.43 Å². The van der Waals surface area contributed by atoms with E-state index in [1.807, 2.05) is 11.3 Å². The van der Waals surface area contributed by atoms with Crippen LogP contribution in [0.5, 0.6) is 0 Å². The summed E-state index contributed by atoms with van der Waals surface area (Å²) < 4.78 is 3.64. The van der Waals surface area contributed by atoms with Crippen molar-refractivity contribution in [2.24, 2.45) is 0 Å². The fourth-order valence-electron chi connectivity index (χ4n) is 2.68. The molecule has 0 spiro atoms. The van der Waals surface area contributed by atoms with Crippen LogP contribution >= 0.6 is 33.9 Å². The summed E-state index contributed by atoms with van der Waals surface area (Å²) in [6.07, 6.45) is 3.78. The molecule has 2 aromatic heterocycles. The Bertz CT molecular complexity index is 551. The van der Waals surface area contributed by atoms with Gasteiger partial charge in [-0.1, -0.05) is 0 Å². The largest absolute Gasteiger partial charge is 0.318 e. The number of hydrogen-bond donors (Lipinski definition) is 1. The summed E-state index contributed by atoms with van der Waals surface area (Å²) in [5, 5.41) is 0. The second kappa shape index (κ2) is 4.89. The lowest BCUT2D eigenvalue weighted by Gasteiger charge is -2.26. The van der Waals surface area contributed by atoms with E-state index in [4.69, 9.17) is 0 Å². The maximum absolute atomic E-state index is 3.69. The van der Waals surface area contributed by atoms with Crippen molar-refractivity contribution in [3.63, 3.8) is 0 Å². The van der Waals surface area contributed by atoms with E-state index in [9.17, 15) is 0 Å². The summed E-state index contributed by atoms with van der Waals surface area (Å²) in [5.41, 5.74) is 7.77. The predicted octanol–water partition coefficient (Wildman–Crippen LogP) is 4.39. The molecule has 1 atom stereocenters. The number of nitrogens with one attached hydrogen (secondary N) is 1. The topological polar surface area (TPSA) is 17.0 Å². The van der Waals surface area contributed by atoms with Crippen molar-refractivity contribution in [3.05, 3.63) is 42.9 Å². The molecular weight excluding hydrogens is 355 g/mol. The molecule has 2 heterocycles. The highest BCUT2D eigenvalue weighted by Crippen LogP contribution is 2.37. The normalized spacial score (nSPS) is 18.7. The molecule has 0 aromatic carbocycles. The van der Waals surface area contributed by atoms with E-state index >= 15 is 0 Å². The van der Waals surface area contributed by atoms with Crippen molar-refractivity contribution < 1.29 is 0 Å². The van der Waals surface area contributed by atoms with Gasteiger partial charge in [0.05, 0.1) is 8.93 Å². The van der Waals surface area contributed by atoms with Crippen LogP contribution in [0.25, 0.3) is 0 Å². The number of halogens is 1. The van der Waals surface area contributed by atoms with Crippen LogP contribution in [0.1, 0.15) is 40.7 Å². The molecule has 0 aliphatic heterocycles. The van der Waals surface area contributed by atoms with Crippen molar-refractivity contribution in [1.82, 2.24) is 4.68 Å². The number of aryl methyl sites for hydroxylation is 3. The van der Waals surface area contributed by atoms with Gasteiger partial charge in [-0.3, -0.25) is 4.68 Å². The van der Waals surface area contributed by atoms with Crippen LogP contribution in [-0.4, -0.2) is 4.68 Å². The third kappa shape index (κ3) is 2.20. The van der Waals surface area contributed by atoms with E-state index < -0.39 is 0 Å². The first kappa shape index (κ1) is 12.5. The third-order valence-corrected chi connectivity index (χ3v) is 5.61. The van der Waals surface area contributed by atoms with Gasteiger partial charge in [0, 0.05) is 16.3 Å². The molecule has 0 amide bonds. The lowest BCUT2D eigenvalue weighted by Crippen LogP contribution is -2.25. The first-order valence-electron chi connectivity index (χ1n) is 6.35. The highest BCUT2D eigenvalue weighted by molar-refractivity contribution is 14.1. The number of thiophene rings is 1. The minimum atomic E-state index is 0.471. The van der Waals surface area contributed by atoms with Gasteiger partial charge in [0.25, 0.3) is 0 Å². The lowest BCUT2D eigenvalue weighted by molar-refractivity contribution is 0.554. The van der Waals surface area contributed by atoms with Crippen molar-refractivity contribution >= 4 is 33.9 Å². The van der Waals surface area contributed by atoms with E-state index in [-0.39, 0.29) is 0 Å². The summed E-state index contributed by atoms with van der Waals surface area (Å²) in [7, 11) is 0. The molecule has 1 unspecified atom stereocenters. The zero-order valence-corrected chi connectivity index (χ0v) is 13.6. The summed E-state index contributed by atoms with van der Waals surface area (Å²) in [6.45, 7) is 4.31. The Kier molecular flexibility index (Phi) is 3.40. The molecule has 18 heavy (non-hydrogen) atoms. The molecule has 2 aromatic rings. The Hall–Kier alpha value is -0.490. The second-order valence-corrected chi connectivity index (χ2v) is 7.99. The van der Waals surface area contributed by atoms with Gasteiger partial charge in [-0.15, -0.1) is 11.3 Å². The molecule has 1 aliphatic carbocycles. The Balaban J connectivity index is 1.91. The third-order valence-electron chi connectivity index (χ3n) is 3.64. The Morgan fingerprint density at radius 3 is 2.78 bits per heavy atom. The maximum Gasteiger partial charge on any atom is 0.0685 e. The molecule has 3 rings (SSSR count). The first-order chi connectivity index (χ1) is 8.65. The summed E-state index contributed by atoms with van der Waals surface area (Å²) in [6, 6.07) is 7.16. The monoisotopic (exact) mass is 372 g/mol. The molecule has 1 aliphatic rings. The van der Waals surface area contributed by atoms with E-state index in [0.29, 0.717) is 6.04 Å². The molecule has 0 saturated heterocycles. The molecule has 0 bridgehead atoms. The number of fused-ring (bicyclic) bond motifs is 1. The average Bonchev–Trinajstić information content (AvgIpc) is 2.86. The second-order valence-electron chi connectivity index (χ2n) is 4.95. The Morgan fingerprint density at radius 2 is 2.06 bits per heavy atom. The van der Waals surface area contributed by atoms with E-state index in [0.717, 1.165) is 0 Å². The smallest absolute Gasteiger partial charge is 0.0685 e. The molecule has 0 fully saturated rings. The maximum atomic E-state index is 3.69. The molecule has 4 heteroatoms. The molecule has 2 nitrogen and oxygen atoms in total. The average molecular weight is 372 g/mol. The Morgan fingerprint density at radius 1 is 1.33 bits per heavy atom. The first-order valence-corrected chi connectivity index (χ1v) is 8.24. The summed E-state index contributed by atoms with van der Waals surface area (Å²) in [5.74, 6) is 0. The highest BCUT2D eigenvalue weighted by Gasteiger charge is 2.23. The standard InChI is InChI=1S/C14H17IN2S/c1-9-6-7-10(2)17(9)16-12-4-3-5-13-11(12)8-14(15)18-13/h6-8,12,16H,3-5H2,1-2H3. The molecule has 1 N–H and O–H groups in total. The quantitative estimate of drug-likeness (QED) is 0.774. The number of rotatable bonds is 2. The van der Waals surface area contributed by atoms with Gasteiger partial charge < -0.3 is 5.43 Å². The fourth-order valence-corrected chi connectivity index (χ4v) is 4.80. The zero-order chi connectivity index (χ0) is 12.7. The Labute approximate surface area is 126 Å².